The Morgan fingerprint density at radius 2 is 1.62 bits per heavy atom. The molecular weight excluding hydrogens is 318 g/mol. The molecule has 0 bridgehead atoms. The Bertz CT molecular complexity index is 910. The zero-order chi connectivity index (χ0) is 17.7. The molecule has 0 aliphatic rings. The number of rotatable bonds is 2. The predicted octanol–water partition coefficient (Wildman–Crippen LogP) is 3.09. The average Bonchev–Trinajstić information content (AvgIpc) is 2.58. The number of aromatic nitrogens is 1. The second kappa shape index (κ2) is 7.45. The third kappa shape index (κ3) is 3.81. The van der Waals surface area contributed by atoms with E-state index in [9.17, 15) is 13.6 Å². The van der Waals surface area contributed by atoms with E-state index >= 15 is 0 Å². The van der Waals surface area contributed by atoms with Gasteiger partial charge in [-0.15, -0.1) is 0 Å². The molecule has 0 aliphatic carbocycles. The van der Waals surface area contributed by atoms with Crippen molar-refractivity contribution in [3.63, 3.8) is 0 Å². The molecular formula is C17H16F2N2O3. The molecule has 3 N–H and O–H groups in total. The largest absolute Gasteiger partial charge is 0.497 e. The van der Waals surface area contributed by atoms with Gasteiger partial charge in [-0.2, -0.15) is 0 Å². The molecule has 0 amide bonds. The van der Waals surface area contributed by atoms with Crippen LogP contribution in [0.4, 0.5) is 14.5 Å². The number of methoxy groups -OCH3 is 2. The topological polar surface area (TPSA) is 77.3 Å². The van der Waals surface area contributed by atoms with Crippen LogP contribution in [0.15, 0.2) is 47.4 Å². The first-order valence-corrected chi connectivity index (χ1v) is 6.90. The number of fused-ring (bicyclic) bond motifs is 1. The zero-order valence-corrected chi connectivity index (χ0v) is 13.1. The molecule has 0 spiro atoms. The minimum atomic E-state index is -0.489. The summed E-state index contributed by atoms with van der Waals surface area (Å²) < 4.78 is 35.5. The lowest BCUT2D eigenvalue weighted by Crippen LogP contribution is -2.01. The number of hydrogen-bond donors (Lipinski definition) is 2. The van der Waals surface area contributed by atoms with Gasteiger partial charge in [0.15, 0.2) is 11.2 Å². The van der Waals surface area contributed by atoms with Crippen LogP contribution in [0, 0.1) is 11.6 Å². The standard InChI is InChI=1S/C10H8FNO2.C7H8FNO/c1-14-6-4-7-9(13)2-3-12-10(7)8(11)5-6;1-10-5-2-3-7(9)6(8)4-5/h2-5H,1H3,(H,12,13);2-4H,9H2,1H3. The number of nitrogens with one attached hydrogen (secondary N) is 1. The van der Waals surface area contributed by atoms with E-state index in [4.69, 9.17) is 15.2 Å². The molecule has 0 radical (unpaired) electrons. The number of H-pyrrole nitrogens is 1. The number of nitrogen functional groups attached to an aromatic ring is 1. The van der Waals surface area contributed by atoms with Crippen LogP contribution < -0.4 is 20.6 Å². The van der Waals surface area contributed by atoms with Gasteiger partial charge in [-0.3, -0.25) is 4.79 Å². The molecule has 0 saturated heterocycles. The first-order chi connectivity index (χ1) is 11.5. The molecule has 3 rings (SSSR count). The van der Waals surface area contributed by atoms with Crippen LogP contribution in [0.25, 0.3) is 10.9 Å². The second-order valence-electron chi connectivity index (χ2n) is 4.76. The molecule has 0 unspecified atom stereocenters. The van der Waals surface area contributed by atoms with Gasteiger partial charge >= 0.3 is 0 Å². The normalized spacial score (nSPS) is 10.0. The van der Waals surface area contributed by atoms with Crippen molar-refractivity contribution >= 4 is 16.6 Å². The molecule has 0 fully saturated rings. The van der Waals surface area contributed by atoms with Crippen LogP contribution in [-0.2, 0) is 0 Å². The van der Waals surface area contributed by atoms with Crippen molar-refractivity contribution in [1.29, 1.82) is 0 Å². The summed E-state index contributed by atoms with van der Waals surface area (Å²) in [4.78, 5) is 14.0. The van der Waals surface area contributed by atoms with Crippen molar-refractivity contribution in [2.75, 3.05) is 20.0 Å². The van der Waals surface area contributed by atoms with Gasteiger partial charge in [-0.1, -0.05) is 0 Å². The molecule has 24 heavy (non-hydrogen) atoms. The molecule has 5 nitrogen and oxygen atoms in total. The van der Waals surface area contributed by atoms with Gasteiger partial charge in [0.05, 0.1) is 30.8 Å². The molecule has 1 aromatic heterocycles. The Kier molecular flexibility index (Phi) is 5.36. The summed E-state index contributed by atoms with van der Waals surface area (Å²) >= 11 is 0. The number of halogens is 2. The van der Waals surface area contributed by atoms with Crippen molar-refractivity contribution < 1.29 is 18.3 Å². The quantitative estimate of drug-likeness (QED) is 0.706. The lowest BCUT2D eigenvalue weighted by Gasteiger charge is -2.02. The Morgan fingerprint density at radius 3 is 2.25 bits per heavy atom. The highest BCUT2D eigenvalue weighted by molar-refractivity contribution is 5.80. The number of benzene rings is 2. The number of aromatic amines is 1. The molecule has 7 heteroatoms. The van der Waals surface area contributed by atoms with Crippen LogP contribution in [0.5, 0.6) is 11.5 Å². The van der Waals surface area contributed by atoms with Gasteiger partial charge in [-0.25, -0.2) is 8.78 Å². The van der Waals surface area contributed by atoms with E-state index in [1.54, 1.807) is 6.07 Å². The van der Waals surface area contributed by atoms with Crippen LogP contribution in [0.3, 0.4) is 0 Å². The average molecular weight is 334 g/mol. The maximum Gasteiger partial charge on any atom is 0.189 e. The summed E-state index contributed by atoms with van der Waals surface area (Å²) in [5.41, 5.74) is 5.33. The van der Waals surface area contributed by atoms with Crippen LogP contribution in [0.2, 0.25) is 0 Å². The molecule has 2 aromatic carbocycles. The number of nitrogens with two attached hydrogens (primary N) is 1. The smallest absolute Gasteiger partial charge is 0.189 e. The van der Waals surface area contributed by atoms with Crippen molar-refractivity contribution in [1.82, 2.24) is 4.98 Å². The number of pyridine rings is 1. The highest BCUT2D eigenvalue weighted by Gasteiger charge is 2.06. The summed E-state index contributed by atoms with van der Waals surface area (Å²) in [5.74, 6) is -0.116. The fraction of sp³-hybridized carbons (Fsp3) is 0.118. The molecule has 1 heterocycles. The molecule has 0 saturated carbocycles. The van der Waals surface area contributed by atoms with Gasteiger partial charge in [-0.05, 0) is 18.2 Å². The minimum absolute atomic E-state index is 0.140. The van der Waals surface area contributed by atoms with Crippen LogP contribution in [-0.4, -0.2) is 19.2 Å². The maximum atomic E-state index is 13.4. The maximum absolute atomic E-state index is 13.4. The lowest BCUT2D eigenvalue weighted by atomic mass is 10.2. The molecule has 3 aromatic rings. The van der Waals surface area contributed by atoms with Crippen molar-refractivity contribution in [3.05, 3.63) is 64.5 Å². The van der Waals surface area contributed by atoms with E-state index in [-0.39, 0.29) is 16.6 Å². The Morgan fingerprint density at radius 1 is 0.958 bits per heavy atom. The predicted molar refractivity (Wildman–Crippen MR) is 88.4 cm³/mol. The zero-order valence-electron chi connectivity index (χ0n) is 13.1. The first kappa shape index (κ1) is 17.3. The Hall–Kier alpha value is -3.09. The van der Waals surface area contributed by atoms with Gasteiger partial charge < -0.3 is 20.2 Å². The third-order valence-electron chi connectivity index (χ3n) is 3.23. The molecule has 0 atom stereocenters. The SMILES string of the molecule is COc1cc(F)c2[nH]ccc(=O)c2c1.COc1ccc(N)c(F)c1. The van der Waals surface area contributed by atoms with Crippen molar-refractivity contribution in [2.24, 2.45) is 0 Å². The van der Waals surface area contributed by atoms with Crippen molar-refractivity contribution in [2.45, 2.75) is 0 Å². The van der Waals surface area contributed by atoms with Gasteiger partial charge in [0.1, 0.15) is 17.3 Å². The van der Waals surface area contributed by atoms with E-state index in [0.29, 0.717) is 16.9 Å². The van der Waals surface area contributed by atoms with Crippen LogP contribution in [0.1, 0.15) is 0 Å². The lowest BCUT2D eigenvalue weighted by molar-refractivity contribution is 0.411. The summed E-state index contributed by atoms with van der Waals surface area (Å²) in [5, 5.41) is 0.296. The number of ether oxygens (including phenoxy) is 2. The number of hydrogen-bond acceptors (Lipinski definition) is 4. The second-order valence-corrected chi connectivity index (χ2v) is 4.76. The van der Waals surface area contributed by atoms with E-state index in [1.165, 1.54) is 50.7 Å². The summed E-state index contributed by atoms with van der Waals surface area (Å²) in [6, 6.07) is 8.42. The third-order valence-corrected chi connectivity index (χ3v) is 3.23. The summed E-state index contributed by atoms with van der Waals surface area (Å²) in [7, 11) is 2.91. The number of anilines is 1. The van der Waals surface area contributed by atoms with E-state index in [1.807, 2.05) is 0 Å². The Balaban J connectivity index is 0.000000185. The summed E-state index contributed by atoms with van der Waals surface area (Å²) in [6.07, 6.45) is 1.42. The minimum Gasteiger partial charge on any atom is -0.497 e. The fourth-order valence-corrected chi connectivity index (χ4v) is 1.97. The van der Waals surface area contributed by atoms with Crippen molar-refractivity contribution in [3.8, 4) is 11.5 Å². The first-order valence-electron chi connectivity index (χ1n) is 6.90. The fourth-order valence-electron chi connectivity index (χ4n) is 1.97. The summed E-state index contributed by atoms with van der Waals surface area (Å²) in [6.45, 7) is 0. The van der Waals surface area contributed by atoms with E-state index < -0.39 is 11.6 Å². The molecule has 126 valence electrons. The monoisotopic (exact) mass is 334 g/mol. The van der Waals surface area contributed by atoms with E-state index in [2.05, 4.69) is 4.98 Å². The van der Waals surface area contributed by atoms with Gasteiger partial charge in [0, 0.05) is 24.4 Å². The van der Waals surface area contributed by atoms with Gasteiger partial charge in [0.25, 0.3) is 0 Å². The highest BCUT2D eigenvalue weighted by atomic mass is 19.1. The molecule has 0 aliphatic heterocycles. The highest BCUT2D eigenvalue weighted by Crippen LogP contribution is 2.19. The van der Waals surface area contributed by atoms with Gasteiger partial charge in [0.2, 0.25) is 0 Å². The Labute approximate surface area is 136 Å². The van der Waals surface area contributed by atoms with Crippen LogP contribution >= 0.6 is 0 Å². The van der Waals surface area contributed by atoms with E-state index in [0.717, 1.165) is 0 Å².